The molecule has 23 heteroatoms. The van der Waals surface area contributed by atoms with Gasteiger partial charge in [-0.25, -0.2) is 0 Å². The number of aliphatic hydroxyl groups excluding tert-OH is 2. The number of hydrogen-bond donors (Lipinski definition) is 12. The summed E-state index contributed by atoms with van der Waals surface area (Å²) in [5.74, 6) is -8.88. The van der Waals surface area contributed by atoms with Gasteiger partial charge in [0.2, 0.25) is 59.1 Å². The lowest BCUT2D eigenvalue weighted by Gasteiger charge is -2.31. The lowest BCUT2D eigenvalue weighted by atomic mass is 10.0. The number of amides is 10. The third-order valence-electron chi connectivity index (χ3n) is 12.0. The number of primary amides is 2. The third kappa shape index (κ3) is 14.1. The Bertz CT molecular complexity index is 2390. The summed E-state index contributed by atoms with van der Waals surface area (Å²) in [6, 6.07) is 4.67. The van der Waals surface area contributed by atoms with Gasteiger partial charge in [-0.1, -0.05) is 62.4 Å². The van der Waals surface area contributed by atoms with Crippen molar-refractivity contribution in [2.75, 3.05) is 13.2 Å². The van der Waals surface area contributed by atoms with Crippen molar-refractivity contribution >= 4 is 70.0 Å². The van der Waals surface area contributed by atoms with Crippen molar-refractivity contribution in [3.63, 3.8) is 0 Å². The molecule has 2 fully saturated rings. The first-order valence-electron chi connectivity index (χ1n) is 22.6. The second kappa shape index (κ2) is 24.1. The molecule has 3 heterocycles. The Morgan fingerprint density at radius 2 is 1.33 bits per heavy atom. The van der Waals surface area contributed by atoms with E-state index < -0.39 is 127 Å². The van der Waals surface area contributed by atoms with Gasteiger partial charge in [-0.2, -0.15) is 0 Å². The third-order valence-corrected chi connectivity index (χ3v) is 12.0. The first kappa shape index (κ1) is 52.6. The first-order chi connectivity index (χ1) is 32.8. The van der Waals surface area contributed by atoms with Gasteiger partial charge in [0.05, 0.1) is 19.1 Å². The second-order valence-corrected chi connectivity index (χ2v) is 17.6. The van der Waals surface area contributed by atoms with Crippen LogP contribution in [0, 0.1) is 5.92 Å². The maximum absolute atomic E-state index is 14.1. The van der Waals surface area contributed by atoms with E-state index in [9.17, 15) is 58.2 Å². The van der Waals surface area contributed by atoms with Crippen LogP contribution in [0.4, 0.5) is 0 Å². The molecular formula is C46H61N11O12. The molecule has 2 aliphatic heterocycles. The fourth-order valence-electron chi connectivity index (χ4n) is 8.22. The van der Waals surface area contributed by atoms with Crippen LogP contribution in [-0.2, 0) is 60.8 Å². The first-order valence-corrected chi connectivity index (χ1v) is 22.6. The van der Waals surface area contributed by atoms with E-state index in [1.54, 1.807) is 56.4 Å². The average Bonchev–Trinajstić information content (AvgIpc) is 4.08. The largest absolute Gasteiger partial charge is 0.394 e. The van der Waals surface area contributed by atoms with Crippen molar-refractivity contribution in [3.05, 3.63) is 71.9 Å². The maximum Gasteiger partial charge on any atom is 0.248 e. The summed E-state index contributed by atoms with van der Waals surface area (Å²) >= 11 is 0. The van der Waals surface area contributed by atoms with Gasteiger partial charge in [0.1, 0.15) is 48.3 Å². The molecule has 372 valence electrons. The quantitative estimate of drug-likeness (QED) is 0.0441. The highest BCUT2D eigenvalue weighted by atomic mass is 16.3. The Morgan fingerprint density at radius 3 is 1.96 bits per heavy atom. The summed E-state index contributed by atoms with van der Waals surface area (Å²) in [4.78, 5) is 136. The summed E-state index contributed by atoms with van der Waals surface area (Å²) in [6.45, 7) is 3.53. The molecule has 5 rings (SSSR count). The number of H-pyrrole nitrogens is 1. The number of benzene rings is 2. The van der Waals surface area contributed by atoms with E-state index in [0.717, 1.165) is 15.8 Å². The van der Waals surface area contributed by atoms with Gasteiger partial charge in [-0.05, 0) is 49.3 Å². The lowest BCUT2D eigenvalue weighted by Crippen LogP contribution is -2.62. The number of aromatic nitrogens is 1. The smallest absolute Gasteiger partial charge is 0.248 e. The van der Waals surface area contributed by atoms with Gasteiger partial charge in [-0.15, -0.1) is 0 Å². The Kier molecular flexibility index (Phi) is 18.3. The predicted octanol–water partition coefficient (Wildman–Crippen LogP) is -3.48. The summed E-state index contributed by atoms with van der Waals surface area (Å²) in [6.07, 6.45) is 0.0162. The van der Waals surface area contributed by atoms with Crippen LogP contribution in [0.1, 0.15) is 64.0 Å². The molecule has 0 aliphatic carbocycles. The molecule has 9 atom stereocenters. The van der Waals surface area contributed by atoms with Gasteiger partial charge in [-0.3, -0.25) is 47.9 Å². The second-order valence-electron chi connectivity index (χ2n) is 17.6. The zero-order valence-corrected chi connectivity index (χ0v) is 38.5. The van der Waals surface area contributed by atoms with Crippen LogP contribution in [0.3, 0.4) is 0 Å². The number of carbonyl (C=O) groups is 10. The summed E-state index contributed by atoms with van der Waals surface area (Å²) in [5.41, 5.74) is 13.1. The number of carbonyl (C=O) groups excluding carboxylic acids is 10. The lowest BCUT2D eigenvalue weighted by molar-refractivity contribution is -0.144. The van der Waals surface area contributed by atoms with Crippen molar-refractivity contribution < 1.29 is 58.2 Å². The molecule has 14 N–H and O–H groups in total. The SMILES string of the molecule is CC(C)[C@H](NC(=O)[C@@H]1CCC(=O)N1)C(=O)N[C@@H](CC(N)=O)C(=O)N[C@@H](Cc1ccccc1)C(=O)N[C@@H](CO)C(=O)N1CCC[C@H]1C(=O)N[C@H](C(=O)N[C@@H](Cc1c[nH]c2ccccc12)C(N)=O)[C@@H](C)O. The van der Waals surface area contributed by atoms with Crippen molar-refractivity contribution in [1.29, 1.82) is 0 Å². The van der Waals surface area contributed by atoms with E-state index in [1.165, 1.54) is 6.92 Å². The highest BCUT2D eigenvalue weighted by Gasteiger charge is 2.41. The topological polar surface area (TPSA) is 366 Å². The number of nitrogens with zero attached hydrogens (tertiary/aromatic N) is 1. The molecule has 0 radical (unpaired) electrons. The van der Waals surface area contributed by atoms with Crippen molar-refractivity contribution in [3.8, 4) is 0 Å². The van der Waals surface area contributed by atoms with Crippen molar-refractivity contribution in [1.82, 2.24) is 47.1 Å². The summed E-state index contributed by atoms with van der Waals surface area (Å²) in [7, 11) is 0. The van der Waals surface area contributed by atoms with Gasteiger partial charge in [0, 0.05) is 42.9 Å². The fourth-order valence-corrected chi connectivity index (χ4v) is 8.22. The van der Waals surface area contributed by atoms with Crippen LogP contribution in [0.5, 0.6) is 0 Å². The minimum Gasteiger partial charge on any atom is -0.394 e. The van der Waals surface area contributed by atoms with E-state index in [1.807, 2.05) is 18.2 Å². The Balaban J connectivity index is 1.27. The molecule has 0 saturated carbocycles. The normalized spacial score (nSPS) is 18.6. The van der Waals surface area contributed by atoms with Crippen LogP contribution in [0.25, 0.3) is 10.9 Å². The van der Waals surface area contributed by atoms with Gasteiger partial charge < -0.3 is 68.8 Å². The molecule has 10 amide bonds. The van der Waals surface area contributed by atoms with Gasteiger partial charge in [0.15, 0.2) is 0 Å². The number of likely N-dealkylation sites (tertiary alicyclic amines) is 1. The van der Waals surface area contributed by atoms with Crippen LogP contribution < -0.4 is 48.7 Å². The van der Waals surface area contributed by atoms with Crippen molar-refractivity contribution in [2.24, 2.45) is 17.4 Å². The monoisotopic (exact) mass is 959 g/mol. The Labute approximate surface area is 397 Å². The maximum atomic E-state index is 14.1. The zero-order chi connectivity index (χ0) is 50.5. The van der Waals surface area contributed by atoms with Crippen LogP contribution in [0.2, 0.25) is 0 Å². The molecule has 23 nitrogen and oxygen atoms in total. The highest BCUT2D eigenvalue weighted by molar-refractivity contribution is 6.00. The van der Waals surface area contributed by atoms with E-state index in [4.69, 9.17) is 11.5 Å². The number of fused-ring (bicyclic) bond motifs is 1. The Hall–Kier alpha value is -7.40. The number of hydrogen-bond acceptors (Lipinski definition) is 12. The molecule has 1 aromatic heterocycles. The zero-order valence-electron chi connectivity index (χ0n) is 38.5. The minimum absolute atomic E-state index is 0.00496. The molecule has 0 bridgehead atoms. The molecule has 2 aromatic carbocycles. The molecule has 2 saturated heterocycles. The van der Waals surface area contributed by atoms with Gasteiger partial charge in [0.25, 0.3) is 0 Å². The number of para-hydroxylation sites is 1. The molecule has 69 heavy (non-hydrogen) atoms. The van der Waals surface area contributed by atoms with Crippen LogP contribution in [0.15, 0.2) is 60.8 Å². The fraction of sp³-hybridized carbons (Fsp3) is 0.478. The molecule has 3 aromatic rings. The number of nitrogens with one attached hydrogen (secondary N) is 8. The average molecular weight is 960 g/mol. The summed E-state index contributed by atoms with van der Waals surface area (Å²) < 4.78 is 0. The van der Waals surface area contributed by atoms with Crippen molar-refractivity contribution in [2.45, 2.75) is 120 Å². The highest BCUT2D eigenvalue weighted by Crippen LogP contribution is 2.21. The predicted molar refractivity (Wildman–Crippen MR) is 246 cm³/mol. The number of nitrogens with two attached hydrogens (primary N) is 2. The van der Waals surface area contributed by atoms with Crippen LogP contribution >= 0.6 is 0 Å². The molecular weight excluding hydrogens is 899 g/mol. The van der Waals surface area contributed by atoms with Crippen LogP contribution in [-0.4, -0.2) is 147 Å². The number of aliphatic hydroxyl groups is 2. The van der Waals surface area contributed by atoms with Gasteiger partial charge >= 0.3 is 0 Å². The van der Waals surface area contributed by atoms with E-state index >= 15 is 0 Å². The standard InChI is InChI=1S/C46H61N11O12/c1-23(2)37(55-40(63)29-15-16-36(61)50-29)44(67)53-32(20-35(47)60)42(65)52-31(18-25-10-5-4-6-11-25)41(64)54-33(22-58)46(69)57-17-9-14-34(57)43(66)56-38(24(3)59)45(68)51-30(39(48)62)19-26-21-49-28-13-8-7-12-27(26)28/h4-8,10-13,21,23-24,29-34,37-38,49,58-59H,9,14-20,22H2,1-3H3,(H2,47,60)(H2,48,62)(H,50,61)(H,51,68)(H,52,65)(H,53,67)(H,54,64)(H,55,63)(H,56,66)/t24-,29+,30+,31+,32+,33+,34+,37+,38+/m1/s1. The van der Waals surface area contributed by atoms with E-state index in [-0.39, 0.29) is 44.6 Å². The Morgan fingerprint density at radius 1 is 0.725 bits per heavy atom. The number of rotatable bonds is 23. The minimum atomic E-state index is -1.67. The molecule has 0 unspecified atom stereocenters. The molecule has 0 spiro atoms. The number of aromatic amines is 1. The van der Waals surface area contributed by atoms with E-state index in [0.29, 0.717) is 17.5 Å². The summed E-state index contributed by atoms with van der Waals surface area (Å²) in [5, 5.41) is 39.3. The van der Waals surface area contributed by atoms with E-state index in [2.05, 4.69) is 42.2 Å². The molecule has 2 aliphatic rings.